The number of ether oxygens (including phenoxy) is 1. The van der Waals surface area contributed by atoms with Gasteiger partial charge in [0, 0.05) is 24.2 Å². The molecule has 2 rings (SSSR count). The Morgan fingerprint density at radius 1 is 1.13 bits per heavy atom. The van der Waals surface area contributed by atoms with Crippen LogP contribution in [0.15, 0.2) is 48.5 Å². The average Bonchev–Trinajstić information content (AvgIpc) is 2.77. The number of methoxy groups -OCH3 is 1. The van der Waals surface area contributed by atoms with Crippen LogP contribution in [0.5, 0.6) is 5.75 Å². The lowest BCUT2D eigenvalue weighted by Crippen LogP contribution is -2.49. The smallest absolute Gasteiger partial charge is 0.273 e. The average molecular weight is 428 g/mol. The second-order valence-corrected chi connectivity index (χ2v) is 7.43. The van der Waals surface area contributed by atoms with Gasteiger partial charge in [-0.2, -0.15) is 0 Å². The van der Waals surface area contributed by atoms with Gasteiger partial charge in [-0.1, -0.05) is 37.3 Å². The van der Waals surface area contributed by atoms with Crippen molar-refractivity contribution in [3.8, 4) is 5.75 Å². The Morgan fingerprint density at radius 3 is 2.35 bits per heavy atom. The minimum atomic E-state index is -0.744. The summed E-state index contributed by atoms with van der Waals surface area (Å²) in [6.45, 7) is 5.72. The quantitative estimate of drug-likeness (QED) is 0.462. The summed E-state index contributed by atoms with van der Waals surface area (Å²) in [6, 6.07) is 12.6. The van der Waals surface area contributed by atoms with Crippen molar-refractivity contribution in [2.45, 2.75) is 52.2 Å². The molecule has 0 aliphatic carbocycles. The van der Waals surface area contributed by atoms with Gasteiger partial charge in [0.05, 0.1) is 18.5 Å². The van der Waals surface area contributed by atoms with Gasteiger partial charge in [-0.25, -0.2) is 0 Å². The molecule has 0 saturated heterocycles. The fraction of sp³-hybridized carbons (Fsp3) is 0.391. The summed E-state index contributed by atoms with van der Waals surface area (Å²) in [7, 11) is 1.57. The first kappa shape index (κ1) is 23.9. The van der Waals surface area contributed by atoms with Crippen LogP contribution in [-0.2, 0) is 22.6 Å². The molecule has 166 valence electrons. The molecule has 0 fully saturated rings. The molecular weight excluding hydrogens is 398 g/mol. The number of nitro groups is 1. The number of carbonyl (C=O) groups is 2. The van der Waals surface area contributed by atoms with Crippen molar-refractivity contribution >= 4 is 17.5 Å². The third-order valence-electron chi connectivity index (χ3n) is 5.21. The van der Waals surface area contributed by atoms with Crippen molar-refractivity contribution in [1.82, 2.24) is 10.2 Å². The Balaban J connectivity index is 2.30. The molecule has 2 aromatic rings. The van der Waals surface area contributed by atoms with Crippen LogP contribution in [0.3, 0.4) is 0 Å². The summed E-state index contributed by atoms with van der Waals surface area (Å²) in [5.74, 6) is 0.0554. The summed E-state index contributed by atoms with van der Waals surface area (Å²) in [5.41, 5.74) is 1.02. The molecule has 0 heterocycles. The van der Waals surface area contributed by atoms with Crippen molar-refractivity contribution in [2.24, 2.45) is 0 Å². The molecule has 0 bridgehead atoms. The van der Waals surface area contributed by atoms with E-state index in [0.29, 0.717) is 11.3 Å². The maximum Gasteiger partial charge on any atom is 0.273 e. The fourth-order valence-corrected chi connectivity index (χ4v) is 3.08. The summed E-state index contributed by atoms with van der Waals surface area (Å²) in [4.78, 5) is 38.2. The highest BCUT2D eigenvalue weighted by Gasteiger charge is 2.28. The van der Waals surface area contributed by atoms with E-state index in [0.717, 1.165) is 12.0 Å². The number of amides is 2. The number of para-hydroxylation sites is 1. The lowest BCUT2D eigenvalue weighted by Gasteiger charge is -2.29. The standard InChI is InChI=1S/C23H29N3O5/c1-5-16(2)24-23(28)17(3)25(15-18-10-12-20(31-4)13-11-18)22(27)14-19-8-6-7-9-21(19)26(29)30/h6-13,16-17H,5,14-15H2,1-4H3,(H,24,28)/t16-,17+/m0/s1. The van der Waals surface area contributed by atoms with Crippen LogP contribution in [0, 0.1) is 10.1 Å². The van der Waals surface area contributed by atoms with Gasteiger partial charge in [0.15, 0.2) is 0 Å². The predicted octanol–water partition coefficient (Wildman–Crippen LogP) is 3.48. The zero-order valence-corrected chi connectivity index (χ0v) is 18.3. The monoisotopic (exact) mass is 427 g/mol. The first-order valence-corrected chi connectivity index (χ1v) is 10.2. The number of carbonyl (C=O) groups excluding carboxylic acids is 2. The molecule has 2 aromatic carbocycles. The molecule has 0 aliphatic rings. The van der Waals surface area contributed by atoms with E-state index < -0.39 is 11.0 Å². The predicted molar refractivity (Wildman–Crippen MR) is 118 cm³/mol. The Morgan fingerprint density at radius 2 is 1.77 bits per heavy atom. The van der Waals surface area contributed by atoms with E-state index in [9.17, 15) is 19.7 Å². The zero-order valence-electron chi connectivity index (χ0n) is 18.3. The van der Waals surface area contributed by atoms with Gasteiger partial charge in [-0.15, -0.1) is 0 Å². The van der Waals surface area contributed by atoms with Gasteiger partial charge in [0.2, 0.25) is 11.8 Å². The van der Waals surface area contributed by atoms with Crippen LogP contribution in [0.25, 0.3) is 0 Å². The number of benzene rings is 2. The second kappa shape index (κ2) is 11.1. The third kappa shape index (κ3) is 6.53. The van der Waals surface area contributed by atoms with Crippen LogP contribution in [-0.4, -0.2) is 40.8 Å². The Labute approximate surface area is 182 Å². The van der Waals surface area contributed by atoms with Gasteiger partial charge in [-0.3, -0.25) is 19.7 Å². The minimum Gasteiger partial charge on any atom is -0.497 e. The molecule has 2 amide bonds. The fourth-order valence-electron chi connectivity index (χ4n) is 3.08. The first-order chi connectivity index (χ1) is 14.8. The molecule has 0 aliphatic heterocycles. The lowest BCUT2D eigenvalue weighted by molar-refractivity contribution is -0.385. The molecule has 8 heteroatoms. The minimum absolute atomic E-state index is 0.0249. The van der Waals surface area contributed by atoms with E-state index >= 15 is 0 Å². The van der Waals surface area contributed by atoms with E-state index in [-0.39, 0.29) is 36.5 Å². The summed E-state index contributed by atoms with van der Waals surface area (Å²) < 4.78 is 5.17. The first-order valence-electron chi connectivity index (χ1n) is 10.2. The molecule has 0 unspecified atom stereocenters. The maximum atomic E-state index is 13.2. The second-order valence-electron chi connectivity index (χ2n) is 7.43. The van der Waals surface area contributed by atoms with Gasteiger partial charge in [0.1, 0.15) is 11.8 Å². The number of hydrogen-bond acceptors (Lipinski definition) is 5. The molecule has 1 N–H and O–H groups in total. The highest BCUT2D eigenvalue weighted by molar-refractivity contribution is 5.88. The molecule has 0 aromatic heterocycles. The van der Waals surface area contributed by atoms with Gasteiger partial charge in [0.25, 0.3) is 5.69 Å². The topological polar surface area (TPSA) is 102 Å². The molecule has 8 nitrogen and oxygen atoms in total. The number of hydrogen-bond donors (Lipinski definition) is 1. The normalized spacial score (nSPS) is 12.5. The third-order valence-corrected chi connectivity index (χ3v) is 5.21. The number of nitrogens with zero attached hydrogens (tertiary/aromatic N) is 2. The Bertz CT molecular complexity index is 914. The van der Waals surface area contributed by atoms with Crippen molar-refractivity contribution in [3.63, 3.8) is 0 Å². The molecule has 31 heavy (non-hydrogen) atoms. The van der Waals surface area contributed by atoms with E-state index in [1.54, 1.807) is 44.4 Å². The van der Waals surface area contributed by atoms with E-state index in [2.05, 4.69) is 5.32 Å². The van der Waals surface area contributed by atoms with E-state index in [1.807, 2.05) is 26.0 Å². The molecule has 2 atom stereocenters. The van der Waals surface area contributed by atoms with E-state index in [4.69, 9.17) is 4.74 Å². The number of nitrogens with one attached hydrogen (secondary N) is 1. The SMILES string of the molecule is CC[C@H](C)NC(=O)[C@@H](C)N(Cc1ccc(OC)cc1)C(=O)Cc1ccccc1[N+](=O)[O-]. The van der Waals surface area contributed by atoms with Crippen molar-refractivity contribution in [1.29, 1.82) is 0 Å². The van der Waals surface area contributed by atoms with Crippen LogP contribution in [0.4, 0.5) is 5.69 Å². The van der Waals surface area contributed by atoms with Crippen molar-refractivity contribution in [2.75, 3.05) is 7.11 Å². The highest BCUT2D eigenvalue weighted by atomic mass is 16.6. The van der Waals surface area contributed by atoms with Crippen LogP contribution < -0.4 is 10.1 Å². The van der Waals surface area contributed by atoms with Gasteiger partial charge in [-0.05, 0) is 38.0 Å². The molecule has 0 radical (unpaired) electrons. The number of rotatable bonds is 10. The zero-order chi connectivity index (χ0) is 23.0. The molecule has 0 spiro atoms. The molecule has 0 saturated carbocycles. The van der Waals surface area contributed by atoms with Crippen LogP contribution >= 0.6 is 0 Å². The Hall–Kier alpha value is -3.42. The van der Waals surface area contributed by atoms with Crippen molar-refractivity contribution in [3.05, 3.63) is 69.8 Å². The largest absolute Gasteiger partial charge is 0.497 e. The van der Waals surface area contributed by atoms with Gasteiger partial charge >= 0.3 is 0 Å². The van der Waals surface area contributed by atoms with Crippen molar-refractivity contribution < 1.29 is 19.2 Å². The number of nitro benzene ring substituents is 1. The van der Waals surface area contributed by atoms with Crippen LogP contribution in [0.1, 0.15) is 38.3 Å². The maximum absolute atomic E-state index is 13.2. The van der Waals surface area contributed by atoms with Gasteiger partial charge < -0.3 is 15.0 Å². The molecular formula is C23H29N3O5. The summed E-state index contributed by atoms with van der Waals surface area (Å²) >= 11 is 0. The summed E-state index contributed by atoms with van der Waals surface area (Å²) in [5, 5.41) is 14.2. The Kier molecular flexibility index (Phi) is 8.54. The van der Waals surface area contributed by atoms with Crippen LogP contribution in [0.2, 0.25) is 0 Å². The summed E-state index contributed by atoms with van der Waals surface area (Å²) in [6.07, 6.45) is 0.593. The highest BCUT2D eigenvalue weighted by Crippen LogP contribution is 2.21. The van der Waals surface area contributed by atoms with E-state index in [1.165, 1.54) is 11.0 Å². The lowest BCUT2D eigenvalue weighted by atomic mass is 10.1.